The molecule has 0 aliphatic heterocycles. The molecule has 0 atom stereocenters. The third-order valence-electron chi connectivity index (χ3n) is 6.67. The van der Waals surface area contributed by atoms with E-state index in [0.29, 0.717) is 52.6 Å². The Bertz CT molecular complexity index is 1440. The van der Waals surface area contributed by atoms with E-state index in [0.717, 1.165) is 0 Å². The summed E-state index contributed by atoms with van der Waals surface area (Å²) in [7, 11) is 0. The first kappa shape index (κ1) is 29.6. The Balaban J connectivity index is 1.42. The molecule has 8 heteroatoms. The molecule has 0 bridgehead atoms. The van der Waals surface area contributed by atoms with Crippen LogP contribution < -0.4 is 16.4 Å². The Morgan fingerprint density at radius 3 is 1.24 bits per heavy atom. The van der Waals surface area contributed by atoms with Crippen LogP contribution in [0.25, 0.3) is 0 Å². The van der Waals surface area contributed by atoms with Gasteiger partial charge in [0.1, 0.15) is 6.17 Å². The van der Waals surface area contributed by atoms with Gasteiger partial charge in [-0.05, 0) is 43.5 Å². The average Bonchev–Trinajstić information content (AvgIpc) is 3.03. The maximum Gasteiger partial charge on any atom is 0.252 e. The lowest BCUT2D eigenvalue weighted by Crippen LogP contribution is -2.48. The minimum Gasteiger partial charge on any atom is -0.370 e. The van der Waals surface area contributed by atoms with Gasteiger partial charge in [-0.15, -0.1) is 0 Å². The molecule has 0 saturated heterocycles. The molecular formula is C34H31N3O5. The third kappa shape index (κ3) is 8.08. The Morgan fingerprint density at radius 1 is 0.500 bits per heavy atom. The number of nitrogens with one attached hydrogen (secondary N) is 2. The minimum atomic E-state index is -0.742. The van der Waals surface area contributed by atoms with Gasteiger partial charge < -0.3 is 16.4 Å². The largest absolute Gasteiger partial charge is 0.370 e. The van der Waals surface area contributed by atoms with E-state index in [9.17, 15) is 24.0 Å². The first-order valence-corrected chi connectivity index (χ1v) is 13.6. The number of unbranched alkanes of at least 4 members (excludes halogenated alkanes) is 1. The summed E-state index contributed by atoms with van der Waals surface area (Å²) in [5.41, 5.74) is 7.87. The van der Waals surface area contributed by atoms with Gasteiger partial charge in [0.15, 0.2) is 11.6 Å². The van der Waals surface area contributed by atoms with E-state index in [-0.39, 0.29) is 18.0 Å². The molecule has 0 aliphatic rings. The molecule has 0 spiro atoms. The van der Waals surface area contributed by atoms with Crippen molar-refractivity contribution in [2.75, 3.05) is 0 Å². The number of primary amides is 1. The van der Waals surface area contributed by atoms with Crippen LogP contribution in [0.1, 0.15) is 78.2 Å². The maximum atomic E-state index is 13.1. The van der Waals surface area contributed by atoms with E-state index >= 15 is 0 Å². The Labute approximate surface area is 243 Å². The van der Waals surface area contributed by atoms with Gasteiger partial charge in [-0.3, -0.25) is 24.0 Å². The molecule has 4 N–H and O–H groups in total. The van der Waals surface area contributed by atoms with E-state index in [1.54, 1.807) is 97.1 Å². The van der Waals surface area contributed by atoms with E-state index in [1.807, 2.05) is 12.1 Å². The molecule has 0 saturated carbocycles. The number of benzene rings is 4. The lowest BCUT2D eigenvalue weighted by atomic mass is 10.0. The van der Waals surface area contributed by atoms with Crippen molar-refractivity contribution in [1.29, 1.82) is 0 Å². The summed E-state index contributed by atoms with van der Waals surface area (Å²) in [4.78, 5) is 62.6. The van der Waals surface area contributed by atoms with E-state index < -0.39 is 23.9 Å². The maximum absolute atomic E-state index is 13.1. The predicted octanol–water partition coefficient (Wildman–Crippen LogP) is 4.68. The van der Waals surface area contributed by atoms with Crippen LogP contribution in [-0.2, 0) is 4.79 Å². The first-order valence-electron chi connectivity index (χ1n) is 13.6. The fraction of sp³-hybridized carbons (Fsp3) is 0.147. The predicted molar refractivity (Wildman–Crippen MR) is 159 cm³/mol. The number of hydrogen-bond acceptors (Lipinski definition) is 5. The number of nitrogens with two attached hydrogens (primary N) is 1. The second-order valence-electron chi connectivity index (χ2n) is 9.76. The van der Waals surface area contributed by atoms with Gasteiger partial charge in [0.2, 0.25) is 5.91 Å². The summed E-state index contributed by atoms with van der Waals surface area (Å²) < 4.78 is 0. The smallest absolute Gasteiger partial charge is 0.252 e. The van der Waals surface area contributed by atoms with Crippen LogP contribution in [0.2, 0.25) is 0 Å². The molecule has 0 fully saturated rings. The summed E-state index contributed by atoms with van der Waals surface area (Å²) in [5, 5.41) is 5.65. The van der Waals surface area contributed by atoms with Crippen LogP contribution >= 0.6 is 0 Å². The number of hydrogen-bond donors (Lipinski definition) is 3. The lowest BCUT2D eigenvalue weighted by Gasteiger charge is -2.21. The van der Waals surface area contributed by atoms with E-state index in [4.69, 9.17) is 5.73 Å². The van der Waals surface area contributed by atoms with Gasteiger partial charge >= 0.3 is 0 Å². The van der Waals surface area contributed by atoms with Gasteiger partial charge in [0.05, 0.1) is 0 Å². The number of carbonyl (C=O) groups is 5. The van der Waals surface area contributed by atoms with Crippen LogP contribution in [-0.4, -0.2) is 35.5 Å². The van der Waals surface area contributed by atoms with Crippen molar-refractivity contribution in [2.45, 2.75) is 31.8 Å². The molecule has 212 valence electrons. The van der Waals surface area contributed by atoms with Crippen molar-refractivity contribution in [1.82, 2.24) is 10.6 Å². The second-order valence-corrected chi connectivity index (χ2v) is 9.76. The Morgan fingerprint density at radius 2 is 0.857 bits per heavy atom. The van der Waals surface area contributed by atoms with E-state index in [1.165, 1.54) is 0 Å². The number of ketones is 2. The van der Waals surface area contributed by atoms with Gasteiger partial charge in [-0.1, -0.05) is 84.9 Å². The van der Waals surface area contributed by atoms with Crippen molar-refractivity contribution in [2.24, 2.45) is 5.73 Å². The zero-order valence-electron chi connectivity index (χ0n) is 22.9. The highest BCUT2D eigenvalue weighted by atomic mass is 16.2. The monoisotopic (exact) mass is 561 g/mol. The molecule has 0 aliphatic carbocycles. The highest BCUT2D eigenvalue weighted by Crippen LogP contribution is 2.14. The standard InChI is InChI=1S/C34H31N3O5/c35-29(38)13-7-8-14-30(36-33(41)27-19-15-25(16-20-27)31(39)23-9-3-1-4-10-23)37-34(42)28-21-17-26(18-22-28)32(40)24-11-5-2-6-12-24/h1-6,9-12,15-22,30H,7-8,13-14H2,(H2,35,38)(H,36,41)(H,37,42). The SMILES string of the molecule is NC(=O)CCCCC(NC(=O)c1ccc(C(=O)c2ccccc2)cc1)NC(=O)c1ccc(C(=O)c2ccccc2)cc1. The summed E-state index contributed by atoms with van der Waals surface area (Å²) in [5.74, 6) is -1.59. The third-order valence-corrected chi connectivity index (χ3v) is 6.67. The fourth-order valence-corrected chi connectivity index (χ4v) is 4.37. The summed E-state index contributed by atoms with van der Waals surface area (Å²) in [6.45, 7) is 0. The quantitative estimate of drug-likeness (QED) is 0.124. The van der Waals surface area contributed by atoms with Crippen molar-refractivity contribution >= 4 is 29.3 Å². The topological polar surface area (TPSA) is 135 Å². The molecule has 0 heterocycles. The number of amides is 3. The molecule has 8 nitrogen and oxygen atoms in total. The molecule has 0 aromatic heterocycles. The van der Waals surface area contributed by atoms with Gasteiger partial charge in [-0.2, -0.15) is 0 Å². The fourth-order valence-electron chi connectivity index (χ4n) is 4.37. The molecule has 4 aromatic rings. The molecule has 4 rings (SSSR count). The highest BCUT2D eigenvalue weighted by Gasteiger charge is 2.19. The molecule has 42 heavy (non-hydrogen) atoms. The van der Waals surface area contributed by atoms with E-state index in [2.05, 4.69) is 10.6 Å². The van der Waals surface area contributed by atoms with Crippen molar-refractivity contribution in [3.8, 4) is 0 Å². The van der Waals surface area contributed by atoms with Gasteiger partial charge in [-0.25, -0.2) is 0 Å². The van der Waals surface area contributed by atoms with Crippen molar-refractivity contribution < 1.29 is 24.0 Å². The number of carbonyl (C=O) groups excluding carboxylic acids is 5. The molecule has 4 aromatic carbocycles. The molecule has 3 amide bonds. The zero-order chi connectivity index (χ0) is 29.9. The summed E-state index contributed by atoms with van der Waals surface area (Å²) in [6.07, 6.45) is 0.851. The summed E-state index contributed by atoms with van der Waals surface area (Å²) in [6, 6.07) is 30.3. The first-order chi connectivity index (χ1) is 20.3. The van der Waals surface area contributed by atoms with Crippen LogP contribution in [0.3, 0.4) is 0 Å². The summed E-state index contributed by atoms with van der Waals surface area (Å²) >= 11 is 0. The Kier molecular flexibility index (Phi) is 10.1. The Hall–Kier alpha value is -5.37. The lowest BCUT2D eigenvalue weighted by molar-refractivity contribution is -0.118. The zero-order valence-corrected chi connectivity index (χ0v) is 22.9. The van der Waals surface area contributed by atoms with Crippen molar-refractivity contribution in [3.05, 3.63) is 143 Å². The number of rotatable bonds is 13. The van der Waals surface area contributed by atoms with Gasteiger partial charge in [0.25, 0.3) is 11.8 Å². The van der Waals surface area contributed by atoms with Crippen LogP contribution in [0.5, 0.6) is 0 Å². The second kappa shape index (κ2) is 14.3. The molecular weight excluding hydrogens is 530 g/mol. The molecule has 0 radical (unpaired) electrons. The van der Waals surface area contributed by atoms with Crippen LogP contribution in [0, 0.1) is 0 Å². The highest BCUT2D eigenvalue weighted by molar-refractivity contribution is 6.10. The molecule has 0 unspecified atom stereocenters. The van der Waals surface area contributed by atoms with Crippen LogP contribution in [0.15, 0.2) is 109 Å². The van der Waals surface area contributed by atoms with Crippen LogP contribution in [0.4, 0.5) is 0 Å². The van der Waals surface area contributed by atoms with Gasteiger partial charge in [0, 0.05) is 39.8 Å². The van der Waals surface area contributed by atoms with Crippen molar-refractivity contribution in [3.63, 3.8) is 0 Å². The minimum absolute atomic E-state index is 0.154. The average molecular weight is 562 g/mol. The normalized spacial score (nSPS) is 10.6.